The molecule has 2 amide bonds. The normalized spacial score (nSPS) is 20.5. The summed E-state index contributed by atoms with van der Waals surface area (Å²) in [5, 5.41) is 11.9. The summed E-state index contributed by atoms with van der Waals surface area (Å²) in [6.45, 7) is 4.95. The SMILES string of the molecule is COc1ccc2c(O[C@@H]3C[C@@H](C(N)=O)N(C(=O)[C@@H](C)C(C)(C)O)C3)nccc2c1. The minimum Gasteiger partial charge on any atom is -0.497 e. The number of nitrogens with zero attached hydrogens (tertiary/aromatic N) is 2. The molecule has 3 rings (SSSR count). The van der Waals surface area contributed by atoms with E-state index in [-0.39, 0.29) is 18.9 Å². The fraction of sp³-hybridized carbons (Fsp3) is 0.476. The van der Waals surface area contributed by atoms with Crippen LogP contribution >= 0.6 is 0 Å². The van der Waals surface area contributed by atoms with Crippen LogP contribution < -0.4 is 15.2 Å². The lowest BCUT2D eigenvalue weighted by atomic mass is 9.91. The topological polar surface area (TPSA) is 115 Å². The molecule has 8 heteroatoms. The number of amides is 2. The highest BCUT2D eigenvalue weighted by atomic mass is 16.5. The summed E-state index contributed by atoms with van der Waals surface area (Å²) < 4.78 is 11.3. The van der Waals surface area contributed by atoms with E-state index >= 15 is 0 Å². The zero-order chi connectivity index (χ0) is 21.3. The summed E-state index contributed by atoms with van der Waals surface area (Å²) in [6.07, 6.45) is 1.47. The zero-order valence-electron chi connectivity index (χ0n) is 17.1. The van der Waals surface area contributed by atoms with Crippen LogP contribution in [0.5, 0.6) is 11.6 Å². The van der Waals surface area contributed by atoms with Gasteiger partial charge in [-0.15, -0.1) is 0 Å². The lowest BCUT2D eigenvalue weighted by Gasteiger charge is -2.31. The van der Waals surface area contributed by atoms with E-state index < -0.39 is 29.6 Å². The maximum absolute atomic E-state index is 12.9. The number of pyridine rings is 1. The molecule has 0 bridgehead atoms. The Hall–Kier alpha value is -2.87. The van der Waals surface area contributed by atoms with Crippen LogP contribution in [0.25, 0.3) is 10.8 Å². The van der Waals surface area contributed by atoms with Gasteiger partial charge in [0, 0.05) is 18.0 Å². The molecule has 156 valence electrons. The molecule has 1 aromatic carbocycles. The third kappa shape index (κ3) is 4.27. The minimum atomic E-state index is -1.21. The first kappa shape index (κ1) is 20.9. The molecule has 8 nitrogen and oxygen atoms in total. The van der Waals surface area contributed by atoms with Crippen molar-refractivity contribution in [2.45, 2.75) is 44.9 Å². The maximum atomic E-state index is 12.9. The fourth-order valence-electron chi connectivity index (χ4n) is 3.45. The summed E-state index contributed by atoms with van der Waals surface area (Å²) in [5.74, 6) is -0.470. The van der Waals surface area contributed by atoms with Crippen LogP contribution in [0.1, 0.15) is 27.2 Å². The Morgan fingerprint density at radius 2 is 2.07 bits per heavy atom. The van der Waals surface area contributed by atoms with Crippen molar-refractivity contribution in [2.75, 3.05) is 13.7 Å². The number of aromatic nitrogens is 1. The number of rotatable bonds is 6. The van der Waals surface area contributed by atoms with E-state index in [9.17, 15) is 14.7 Å². The van der Waals surface area contributed by atoms with E-state index in [1.165, 1.54) is 4.90 Å². The number of ether oxygens (including phenoxy) is 2. The van der Waals surface area contributed by atoms with Crippen molar-refractivity contribution in [1.82, 2.24) is 9.88 Å². The van der Waals surface area contributed by atoms with Crippen molar-refractivity contribution in [3.05, 3.63) is 30.5 Å². The first-order valence-electron chi connectivity index (χ1n) is 9.53. The average molecular weight is 401 g/mol. The van der Waals surface area contributed by atoms with Gasteiger partial charge in [0.2, 0.25) is 17.7 Å². The number of benzene rings is 1. The van der Waals surface area contributed by atoms with Gasteiger partial charge in [-0.3, -0.25) is 9.59 Å². The van der Waals surface area contributed by atoms with Gasteiger partial charge in [-0.1, -0.05) is 6.92 Å². The second-order valence-corrected chi connectivity index (χ2v) is 7.96. The molecule has 3 atom stereocenters. The monoisotopic (exact) mass is 401 g/mol. The number of aliphatic hydroxyl groups is 1. The highest BCUT2D eigenvalue weighted by Gasteiger charge is 2.43. The van der Waals surface area contributed by atoms with Gasteiger partial charge in [0.05, 0.1) is 25.2 Å². The largest absolute Gasteiger partial charge is 0.497 e. The van der Waals surface area contributed by atoms with Crippen molar-refractivity contribution in [3.8, 4) is 11.6 Å². The van der Waals surface area contributed by atoms with E-state index in [0.717, 1.165) is 16.5 Å². The molecule has 2 aromatic rings. The number of fused-ring (bicyclic) bond motifs is 1. The molecule has 1 saturated heterocycles. The van der Waals surface area contributed by atoms with E-state index in [4.69, 9.17) is 15.2 Å². The number of nitrogens with two attached hydrogens (primary N) is 1. The number of methoxy groups -OCH3 is 1. The second-order valence-electron chi connectivity index (χ2n) is 7.96. The molecular weight excluding hydrogens is 374 g/mol. The summed E-state index contributed by atoms with van der Waals surface area (Å²) >= 11 is 0. The summed E-state index contributed by atoms with van der Waals surface area (Å²) in [7, 11) is 1.60. The smallest absolute Gasteiger partial charge is 0.240 e. The number of hydrogen-bond acceptors (Lipinski definition) is 6. The van der Waals surface area contributed by atoms with Crippen LogP contribution in [-0.2, 0) is 9.59 Å². The lowest BCUT2D eigenvalue weighted by Crippen LogP contribution is -2.49. The van der Waals surface area contributed by atoms with Crippen molar-refractivity contribution in [2.24, 2.45) is 11.7 Å². The molecular formula is C21H27N3O5. The molecule has 0 saturated carbocycles. The Labute approximate surface area is 169 Å². The van der Waals surface area contributed by atoms with Gasteiger partial charge in [0.25, 0.3) is 0 Å². The first-order chi connectivity index (χ1) is 13.6. The molecule has 1 aromatic heterocycles. The van der Waals surface area contributed by atoms with Crippen molar-refractivity contribution in [1.29, 1.82) is 0 Å². The van der Waals surface area contributed by atoms with Crippen LogP contribution in [-0.4, -0.2) is 58.2 Å². The van der Waals surface area contributed by atoms with Crippen molar-refractivity contribution >= 4 is 22.6 Å². The van der Waals surface area contributed by atoms with Gasteiger partial charge in [-0.05, 0) is 43.5 Å². The lowest BCUT2D eigenvalue weighted by molar-refractivity contribution is -0.146. The Kier molecular flexibility index (Phi) is 5.66. The molecule has 0 spiro atoms. The second kappa shape index (κ2) is 7.87. The van der Waals surface area contributed by atoms with Crippen LogP contribution in [0, 0.1) is 5.92 Å². The number of carbonyl (C=O) groups is 2. The standard InChI is InChI=1S/C21H27N3O5/c1-12(21(2,3)27)20(26)24-11-15(10-17(24)18(22)25)29-19-16-6-5-14(28-4)9-13(16)7-8-23-19/h5-9,12,15,17,27H,10-11H2,1-4H3,(H2,22,25)/t12-,15-,17+/m1/s1. The van der Waals surface area contributed by atoms with E-state index in [2.05, 4.69) is 4.98 Å². The van der Waals surface area contributed by atoms with Crippen LogP contribution in [0.2, 0.25) is 0 Å². The highest BCUT2D eigenvalue weighted by Crippen LogP contribution is 2.31. The molecule has 29 heavy (non-hydrogen) atoms. The quantitative estimate of drug-likeness (QED) is 0.758. The van der Waals surface area contributed by atoms with Crippen molar-refractivity contribution < 1.29 is 24.2 Å². The number of likely N-dealkylation sites (tertiary alicyclic amines) is 1. The molecule has 1 aliphatic rings. The molecule has 3 N–H and O–H groups in total. The van der Waals surface area contributed by atoms with Gasteiger partial charge in [-0.25, -0.2) is 4.98 Å². The third-order valence-corrected chi connectivity index (χ3v) is 5.52. The molecule has 0 aliphatic carbocycles. The summed E-state index contributed by atoms with van der Waals surface area (Å²) in [6, 6.07) is 6.62. The Bertz CT molecular complexity index is 924. The average Bonchev–Trinajstić information content (AvgIpc) is 3.10. The molecule has 0 radical (unpaired) electrons. The Morgan fingerprint density at radius 3 is 2.69 bits per heavy atom. The van der Waals surface area contributed by atoms with Gasteiger partial charge in [0.15, 0.2) is 0 Å². The highest BCUT2D eigenvalue weighted by molar-refractivity contribution is 5.89. The fourth-order valence-corrected chi connectivity index (χ4v) is 3.45. The van der Waals surface area contributed by atoms with E-state index in [0.29, 0.717) is 5.88 Å². The predicted octanol–water partition coefficient (Wildman–Crippen LogP) is 1.48. The first-order valence-corrected chi connectivity index (χ1v) is 9.53. The number of primary amides is 1. The third-order valence-electron chi connectivity index (χ3n) is 5.52. The Balaban J connectivity index is 1.83. The molecule has 0 unspecified atom stereocenters. The summed E-state index contributed by atoms with van der Waals surface area (Å²) in [4.78, 5) is 30.5. The summed E-state index contributed by atoms with van der Waals surface area (Å²) in [5.41, 5.74) is 4.32. The predicted molar refractivity (Wildman–Crippen MR) is 107 cm³/mol. The minimum absolute atomic E-state index is 0.196. The molecule has 1 fully saturated rings. The van der Waals surface area contributed by atoms with Gasteiger partial charge in [0.1, 0.15) is 17.9 Å². The van der Waals surface area contributed by atoms with Crippen molar-refractivity contribution in [3.63, 3.8) is 0 Å². The van der Waals surface area contributed by atoms with Gasteiger partial charge in [-0.2, -0.15) is 0 Å². The zero-order valence-corrected chi connectivity index (χ0v) is 17.1. The number of carbonyl (C=O) groups excluding carboxylic acids is 2. The maximum Gasteiger partial charge on any atom is 0.240 e. The van der Waals surface area contributed by atoms with Crippen LogP contribution in [0.3, 0.4) is 0 Å². The van der Waals surface area contributed by atoms with Crippen LogP contribution in [0.4, 0.5) is 0 Å². The molecule has 1 aliphatic heterocycles. The van der Waals surface area contributed by atoms with E-state index in [1.807, 2.05) is 24.3 Å². The Morgan fingerprint density at radius 1 is 1.34 bits per heavy atom. The van der Waals surface area contributed by atoms with Crippen LogP contribution in [0.15, 0.2) is 30.5 Å². The van der Waals surface area contributed by atoms with Gasteiger partial charge < -0.3 is 25.2 Å². The van der Waals surface area contributed by atoms with Gasteiger partial charge >= 0.3 is 0 Å². The molecule has 2 heterocycles. The number of hydrogen-bond donors (Lipinski definition) is 2. The van der Waals surface area contributed by atoms with E-state index in [1.54, 1.807) is 34.1 Å².